The first-order valence-corrected chi connectivity index (χ1v) is 10.3. The number of amides is 1. The number of rotatable bonds is 11. The molecule has 5 nitrogen and oxygen atoms in total. The predicted octanol–water partition coefficient (Wildman–Crippen LogP) is 2.63. The van der Waals surface area contributed by atoms with E-state index in [-0.39, 0.29) is 23.8 Å². The summed E-state index contributed by atoms with van der Waals surface area (Å²) in [6, 6.07) is 0.0669. The van der Waals surface area contributed by atoms with Crippen LogP contribution in [0, 0.1) is 17.8 Å². The minimum atomic E-state index is -0.541. The zero-order valence-corrected chi connectivity index (χ0v) is 16.9. The highest BCUT2D eigenvalue weighted by molar-refractivity contribution is 7.99. The number of esters is 1. The summed E-state index contributed by atoms with van der Waals surface area (Å²) in [5, 5.41) is 10.2. The third kappa shape index (κ3) is 8.29. The van der Waals surface area contributed by atoms with E-state index in [1.54, 1.807) is 18.7 Å². The van der Waals surface area contributed by atoms with Gasteiger partial charge in [-0.2, -0.15) is 11.8 Å². The topological polar surface area (TPSA) is 66.8 Å². The Labute approximate surface area is 161 Å². The molecule has 1 heterocycles. The van der Waals surface area contributed by atoms with Gasteiger partial charge in [-0.1, -0.05) is 19.1 Å². The van der Waals surface area contributed by atoms with Crippen molar-refractivity contribution < 1.29 is 19.4 Å². The van der Waals surface area contributed by atoms with Crippen LogP contribution in [-0.4, -0.2) is 59.2 Å². The molecule has 0 aliphatic carbocycles. The third-order valence-electron chi connectivity index (χ3n) is 4.46. The number of nitrogens with zero attached hydrogens (tertiary/aromatic N) is 1. The highest BCUT2D eigenvalue weighted by Crippen LogP contribution is 2.21. The van der Waals surface area contributed by atoms with E-state index >= 15 is 0 Å². The molecule has 1 aliphatic heterocycles. The van der Waals surface area contributed by atoms with E-state index in [0.717, 1.165) is 24.3 Å². The van der Waals surface area contributed by atoms with E-state index in [1.165, 1.54) is 7.11 Å². The fraction of sp³-hybridized carbons (Fsp3) is 0.700. The van der Waals surface area contributed by atoms with Crippen LogP contribution in [0.2, 0.25) is 0 Å². The van der Waals surface area contributed by atoms with Gasteiger partial charge in [0, 0.05) is 31.6 Å². The zero-order chi connectivity index (χ0) is 19.4. The Balaban J connectivity index is 2.36. The maximum Gasteiger partial charge on any atom is 0.305 e. The Hall–Kier alpha value is -1.45. The van der Waals surface area contributed by atoms with Gasteiger partial charge in [0.25, 0.3) is 0 Å². The summed E-state index contributed by atoms with van der Waals surface area (Å²) in [5.41, 5.74) is 0. The molecule has 146 valence electrons. The van der Waals surface area contributed by atoms with Gasteiger partial charge in [-0.25, -0.2) is 0 Å². The van der Waals surface area contributed by atoms with Crippen molar-refractivity contribution >= 4 is 23.6 Å². The van der Waals surface area contributed by atoms with E-state index in [4.69, 9.17) is 0 Å². The Kier molecular flexibility index (Phi) is 11.1. The maximum atomic E-state index is 12.1. The van der Waals surface area contributed by atoms with Crippen molar-refractivity contribution in [2.24, 2.45) is 5.92 Å². The molecule has 1 amide bonds. The molecule has 1 fully saturated rings. The van der Waals surface area contributed by atoms with Crippen LogP contribution in [0.1, 0.15) is 46.0 Å². The first-order chi connectivity index (χ1) is 12.5. The van der Waals surface area contributed by atoms with E-state index in [9.17, 15) is 14.7 Å². The summed E-state index contributed by atoms with van der Waals surface area (Å²) in [7, 11) is 1.40. The van der Waals surface area contributed by atoms with Gasteiger partial charge in [0.2, 0.25) is 5.91 Å². The van der Waals surface area contributed by atoms with E-state index in [0.29, 0.717) is 25.8 Å². The first-order valence-electron chi connectivity index (χ1n) is 9.19. The Bertz CT molecular complexity index is 538. The van der Waals surface area contributed by atoms with E-state index in [2.05, 4.69) is 16.6 Å². The summed E-state index contributed by atoms with van der Waals surface area (Å²) < 4.78 is 4.61. The lowest BCUT2D eigenvalue weighted by Crippen LogP contribution is -2.34. The average Bonchev–Trinajstić information content (AvgIpc) is 2.99. The van der Waals surface area contributed by atoms with Gasteiger partial charge >= 0.3 is 5.97 Å². The lowest BCUT2D eigenvalue weighted by molar-refractivity contribution is -0.140. The number of likely N-dealkylation sites (tertiary alicyclic amines) is 1. The standard InChI is InChI=1S/C20H31NO4S/c1-4-5-7-16(2)18(22)11-9-17-10-12-19(23)21(17)13-15-26-14-6-8-20(24)25-3/h9,11,16-18,22H,6-8,10,12-15H2,1-3H3/t16-,17?,18+/m0/s1. The zero-order valence-electron chi connectivity index (χ0n) is 16.1. The predicted molar refractivity (Wildman–Crippen MR) is 106 cm³/mol. The third-order valence-corrected chi connectivity index (χ3v) is 5.51. The fourth-order valence-electron chi connectivity index (χ4n) is 2.75. The van der Waals surface area contributed by atoms with Crippen LogP contribution in [0.4, 0.5) is 0 Å². The van der Waals surface area contributed by atoms with Crippen molar-refractivity contribution in [2.75, 3.05) is 25.2 Å². The molecule has 0 spiro atoms. The van der Waals surface area contributed by atoms with Crippen molar-refractivity contribution in [3.63, 3.8) is 0 Å². The van der Waals surface area contributed by atoms with Crippen LogP contribution in [0.3, 0.4) is 0 Å². The number of carbonyl (C=O) groups is 2. The molecule has 0 saturated carbocycles. The van der Waals surface area contributed by atoms with Gasteiger partial charge in [-0.15, -0.1) is 11.8 Å². The van der Waals surface area contributed by atoms with Crippen LogP contribution in [0.25, 0.3) is 0 Å². The van der Waals surface area contributed by atoms with Crippen LogP contribution in [0.15, 0.2) is 12.2 Å². The van der Waals surface area contributed by atoms with Crippen molar-refractivity contribution in [3.8, 4) is 11.8 Å². The van der Waals surface area contributed by atoms with Gasteiger partial charge in [0.1, 0.15) is 0 Å². The minimum absolute atomic E-state index is 0.0669. The lowest BCUT2D eigenvalue weighted by atomic mass is 10.00. The van der Waals surface area contributed by atoms with Gasteiger partial charge in [-0.05, 0) is 31.4 Å². The molecule has 0 radical (unpaired) electrons. The number of thioether (sulfide) groups is 1. The number of hydrogen-bond donors (Lipinski definition) is 1. The maximum absolute atomic E-state index is 12.1. The van der Waals surface area contributed by atoms with E-state index < -0.39 is 6.10 Å². The Morgan fingerprint density at radius 1 is 1.50 bits per heavy atom. The fourth-order valence-corrected chi connectivity index (χ4v) is 3.63. The van der Waals surface area contributed by atoms with Gasteiger partial charge in [0.15, 0.2) is 0 Å². The molecule has 3 atom stereocenters. The average molecular weight is 382 g/mol. The van der Waals surface area contributed by atoms with Crippen molar-refractivity contribution in [3.05, 3.63) is 12.2 Å². The molecule has 6 heteroatoms. The number of aliphatic hydroxyl groups excluding tert-OH is 1. The van der Waals surface area contributed by atoms with Gasteiger partial charge in [0.05, 0.1) is 19.3 Å². The molecule has 1 aliphatic rings. The molecule has 1 rings (SSSR count). The molecule has 1 unspecified atom stereocenters. The molecule has 1 N–H and O–H groups in total. The summed E-state index contributed by atoms with van der Waals surface area (Å²) in [6.07, 6.45) is 6.50. The Morgan fingerprint density at radius 3 is 2.96 bits per heavy atom. The second kappa shape index (κ2) is 12.8. The molecule has 1 saturated heterocycles. The van der Waals surface area contributed by atoms with Crippen LogP contribution in [-0.2, 0) is 14.3 Å². The Morgan fingerprint density at radius 2 is 2.27 bits per heavy atom. The van der Waals surface area contributed by atoms with Crippen LogP contribution in [0.5, 0.6) is 0 Å². The minimum Gasteiger partial charge on any atom is -0.469 e. The molecular weight excluding hydrogens is 350 g/mol. The summed E-state index contributed by atoms with van der Waals surface area (Å²) in [6.45, 7) is 4.47. The summed E-state index contributed by atoms with van der Waals surface area (Å²) >= 11 is 1.74. The normalized spacial score (nSPS) is 19.3. The van der Waals surface area contributed by atoms with Gasteiger partial charge in [-0.3, -0.25) is 9.59 Å². The highest BCUT2D eigenvalue weighted by atomic mass is 32.2. The SMILES string of the molecule is CC#CC[C@H](C)[C@H](O)C=CC1CCC(=O)N1CCSCCCC(=O)OC. The molecular formula is C20H31NO4S. The molecule has 0 bridgehead atoms. The van der Waals surface area contributed by atoms with Crippen molar-refractivity contribution in [1.29, 1.82) is 0 Å². The number of carbonyl (C=O) groups excluding carboxylic acids is 2. The largest absolute Gasteiger partial charge is 0.469 e. The molecule has 26 heavy (non-hydrogen) atoms. The number of ether oxygens (including phenoxy) is 1. The smallest absolute Gasteiger partial charge is 0.305 e. The number of aliphatic hydroxyl groups is 1. The molecule has 0 aromatic carbocycles. The van der Waals surface area contributed by atoms with E-state index in [1.807, 2.05) is 24.0 Å². The van der Waals surface area contributed by atoms with Gasteiger partial charge < -0.3 is 14.7 Å². The second-order valence-corrected chi connectivity index (χ2v) is 7.69. The van der Waals surface area contributed by atoms with Crippen LogP contribution < -0.4 is 0 Å². The molecule has 0 aromatic heterocycles. The first kappa shape index (κ1) is 22.6. The number of methoxy groups -OCH3 is 1. The van der Waals surface area contributed by atoms with Crippen molar-refractivity contribution in [2.45, 2.75) is 58.1 Å². The summed E-state index contributed by atoms with van der Waals surface area (Å²) in [4.78, 5) is 25.0. The second-order valence-electron chi connectivity index (χ2n) is 6.47. The highest BCUT2D eigenvalue weighted by Gasteiger charge is 2.28. The quantitative estimate of drug-likeness (QED) is 0.258. The summed E-state index contributed by atoms with van der Waals surface area (Å²) in [5.74, 6) is 7.64. The van der Waals surface area contributed by atoms with Crippen LogP contribution >= 0.6 is 11.8 Å². The number of hydrogen-bond acceptors (Lipinski definition) is 5. The lowest BCUT2D eigenvalue weighted by Gasteiger charge is -2.23. The monoisotopic (exact) mass is 381 g/mol. The molecule has 0 aromatic rings. The van der Waals surface area contributed by atoms with Crippen molar-refractivity contribution in [1.82, 2.24) is 4.90 Å².